The number of ether oxygens (including phenoxy) is 1. The number of aliphatic hydroxyl groups is 1. The molecule has 3 fully saturated rings. The van der Waals surface area contributed by atoms with Gasteiger partial charge in [-0.2, -0.15) is 0 Å². The van der Waals surface area contributed by atoms with Gasteiger partial charge in [-0.25, -0.2) is 0 Å². The second-order valence-corrected chi connectivity index (χ2v) is 14.0. The molecule has 3 aliphatic rings. The summed E-state index contributed by atoms with van der Waals surface area (Å²) in [4.78, 5) is 49.0. The van der Waals surface area contributed by atoms with Gasteiger partial charge in [0.25, 0.3) is 0 Å². The third-order valence-corrected chi connectivity index (χ3v) is 11.4. The number of thioether (sulfide) groups is 1. The minimum atomic E-state index is -0.755. The summed E-state index contributed by atoms with van der Waals surface area (Å²) in [6.45, 7) is 18.8. The minimum absolute atomic E-state index is 0.0293. The summed E-state index contributed by atoms with van der Waals surface area (Å²) in [5, 5.41) is 10.5. The maximum Gasteiger partial charge on any atom is 0.247 e. The van der Waals surface area contributed by atoms with Crippen LogP contribution in [0.2, 0.25) is 0 Å². The first-order chi connectivity index (χ1) is 20.6. The van der Waals surface area contributed by atoms with Gasteiger partial charge < -0.3 is 24.5 Å². The van der Waals surface area contributed by atoms with Crippen molar-refractivity contribution >= 4 is 35.2 Å². The molecule has 236 valence electrons. The summed E-state index contributed by atoms with van der Waals surface area (Å²) < 4.78 is 4.87. The molecule has 3 heterocycles. The van der Waals surface area contributed by atoms with E-state index in [2.05, 4.69) is 20.1 Å². The molecule has 1 spiro atoms. The molecule has 1 aromatic carbocycles. The molecule has 2 bridgehead atoms. The predicted molar refractivity (Wildman–Crippen MR) is 173 cm³/mol. The Hall–Kier alpha value is -2.78. The Morgan fingerprint density at radius 2 is 1.81 bits per heavy atom. The molecule has 0 aliphatic carbocycles. The van der Waals surface area contributed by atoms with Crippen molar-refractivity contribution < 1.29 is 24.2 Å². The number of hydrogen-bond acceptors (Lipinski definition) is 6. The quantitative estimate of drug-likeness (QED) is 0.284. The summed E-state index contributed by atoms with van der Waals surface area (Å²) in [6, 6.07) is 6.10. The summed E-state index contributed by atoms with van der Waals surface area (Å²) in [5.41, 5.74) is 0.714. The molecule has 3 amide bonds. The van der Waals surface area contributed by atoms with E-state index in [9.17, 15) is 19.5 Å². The van der Waals surface area contributed by atoms with Crippen LogP contribution < -0.4 is 9.64 Å². The van der Waals surface area contributed by atoms with E-state index in [-0.39, 0.29) is 41.5 Å². The smallest absolute Gasteiger partial charge is 0.247 e. The highest BCUT2D eigenvalue weighted by Crippen LogP contribution is 2.67. The van der Waals surface area contributed by atoms with Gasteiger partial charge in [0.2, 0.25) is 17.7 Å². The Balaban J connectivity index is 1.78. The fourth-order valence-electron chi connectivity index (χ4n) is 7.51. The number of carbonyl (C=O) groups is 3. The van der Waals surface area contributed by atoms with Crippen LogP contribution in [0.25, 0.3) is 0 Å². The maximum absolute atomic E-state index is 14.7. The van der Waals surface area contributed by atoms with Crippen LogP contribution in [0.3, 0.4) is 0 Å². The van der Waals surface area contributed by atoms with Crippen LogP contribution in [0.1, 0.15) is 60.3 Å². The van der Waals surface area contributed by atoms with Crippen molar-refractivity contribution in [1.29, 1.82) is 0 Å². The topological polar surface area (TPSA) is 90.4 Å². The van der Waals surface area contributed by atoms with Gasteiger partial charge in [-0.3, -0.25) is 14.4 Å². The lowest BCUT2D eigenvalue weighted by molar-refractivity contribution is -0.147. The number of carbonyl (C=O) groups excluding carboxylic acids is 3. The van der Waals surface area contributed by atoms with E-state index >= 15 is 0 Å². The molecule has 7 atom stereocenters. The molecule has 1 N–H and O–H groups in total. The summed E-state index contributed by atoms with van der Waals surface area (Å²) in [6.07, 6.45) is 6.63. The van der Waals surface area contributed by atoms with E-state index in [0.29, 0.717) is 31.8 Å². The largest absolute Gasteiger partial charge is 0.494 e. The third-order valence-electron chi connectivity index (χ3n) is 9.46. The maximum atomic E-state index is 14.7. The van der Waals surface area contributed by atoms with Crippen LogP contribution in [-0.2, 0) is 14.4 Å². The van der Waals surface area contributed by atoms with Crippen molar-refractivity contribution in [1.82, 2.24) is 9.80 Å². The van der Waals surface area contributed by atoms with Gasteiger partial charge >= 0.3 is 0 Å². The number of likely N-dealkylation sites (tertiary alicyclic amines) is 1. The average molecular weight is 612 g/mol. The standard InChI is InChI=1S/C34H49N3O5S/c1-8-12-23(7)35(19-9-2)33(41)30-34-18-17-27(43-34)28(29(34)32(40)37(30)26(21-38)22(5)6)31(39)36(20-10-3)24-13-15-25(16-14-24)42-11-4/h9-10,13-16,22-23,26-30,38H,2-3,8,11-12,17-21H2,1,4-7H3/t23?,26-,27-,28+,29-,30?,34?/m0/s1. The Morgan fingerprint density at radius 3 is 2.37 bits per heavy atom. The van der Waals surface area contributed by atoms with E-state index in [4.69, 9.17) is 4.74 Å². The number of aliphatic hydroxyl groups excluding tert-OH is 1. The SMILES string of the molecule is C=CCN(C(=O)[C@@H]1[C@@H]2CCC3(S2)C(C(=O)N(CC=C)C(C)CCC)N([C@@H](CO)C(C)C)C(=O)[C@H]13)c1ccc(OCC)cc1. The van der Waals surface area contributed by atoms with E-state index in [1.807, 2.05) is 56.9 Å². The number of amides is 3. The van der Waals surface area contributed by atoms with Gasteiger partial charge in [0.05, 0.1) is 35.8 Å². The summed E-state index contributed by atoms with van der Waals surface area (Å²) in [7, 11) is 0. The Bertz CT molecular complexity index is 1190. The van der Waals surface area contributed by atoms with Gasteiger partial charge in [-0.05, 0) is 63.3 Å². The number of hydrogen-bond donors (Lipinski definition) is 1. The Kier molecular flexibility index (Phi) is 10.7. The molecule has 0 saturated carbocycles. The molecular formula is C34H49N3O5S. The van der Waals surface area contributed by atoms with E-state index in [0.717, 1.165) is 25.0 Å². The fraction of sp³-hybridized carbons (Fsp3) is 0.618. The van der Waals surface area contributed by atoms with Crippen LogP contribution >= 0.6 is 11.8 Å². The van der Waals surface area contributed by atoms with Crippen molar-refractivity contribution in [2.24, 2.45) is 17.8 Å². The zero-order valence-electron chi connectivity index (χ0n) is 26.4. The first-order valence-electron chi connectivity index (χ1n) is 15.8. The highest BCUT2D eigenvalue weighted by molar-refractivity contribution is 8.02. The Labute approximate surface area is 261 Å². The first-order valence-corrected chi connectivity index (χ1v) is 16.7. The Morgan fingerprint density at radius 1 is 1.14 bits per heavy atom. The van der Waals surface area contributed by atoms with Crippen LogP contribution in [0.15, 0.2) is 49.6 Å². The van der Waals surface area contributed by atoms with Crippen LogP contribution in [0, 0.1) is 17.8 Å². The zero-order chi connectivity index (χ0) is 31.5. The van der Waals surface area contributed by atoms with Gasteiger partial charge in [-0.1, -0.05) is 39.3 Å². The van der Waals surface area contributed by atoms with Crippen molar-refractivity contribution in [2.75, 3.05) is 31.2 Å². The normalized spacial score (nSPS) is 27.1. The average Bonchev–Trinajstić information content (AvgIpc) is 3.63. The molecule has 43 heavy (non-hydrogen) atoms. The minimum Gasteiger partial charge on any atom is -0.494 e. The van der Waals surface area contributed by atoms with Crippen LogP contribution in [-0.4, -0.2) is 87.1 Å². The van der Waals surface area contributed by atoms with Crippen molar-refractivity contribution in [3.05, 3.63) is 49.6 Å². The number of benzene rings is 1. The second kappa shape index (κ2) is 13.9. The van der Waals surface area contributed by atoms with Crippen molar-refractivity contribution in [3.8, 4) is 5.75 Å². The van der Waals surface area contributed by atoms with Crippen LogP contribution in [0.4, 0.5) is 5.69 Å². The van der Waals surface area contributed by atoms with E-state index in [1.165, 1.54) is 0 Å². The van der Waals surface area contributed by atoms with E-state index < -0.39 is 28.7 Å². The lowest BCUT2D eigenvalue weighted by Gasteiger charge is -2.42. The second-order valence-electron chi connectivity index (χ2n) is 12.4. The molecule has 1 aromatic rings. The molecular weight excluding hydrogens is 562 g/mol. The lowest BCUT2D eigenvalue weighted by Crippen LogP contribution is -2.59. The molecule has 9 heteroatoms. The van der Waals surface area contributed by atoms with Crippen molar-refractivity contribution in [3.63, 3.8) is 0 Å². The highest BCUT2D eigenvalue weighted by Gasteiger charge is 2.74. The lowest BCUT2D eigenvalue weighted by atomic mass is 9.70. The summed E-state index contributed by atoms with van der Waals surface area (Å²) in [5.74, 6) is -0.991. The molecule has 3 aliphatic heterocycles. The first kappa shape index (κ1) is 33.1. The van der Waals surface area contributed by atoms with Gasteiger partial charge in [-0.15, -0.1) is 24.9 Å². The van der Waals surface area contributed by atoms with Gasteiger partial charge in [0.15, 0.2) is 0 Å². The van der Waals surface area contributed by atoms with Crippen molar-refractivity contribution in [2.45, 2.75) is 88.4 Å². The predicted octanol–water partition coefficient (Wildman–Crippen LogP) is 4.92. The van der Waals surface area contributed by atoms with Crippen LogP contribution in [0.5, 0.6) is 5.75 Å². The fourth-order valence-corrected chi connectivity index (χ4v) is 9.70. The molecule has 3 saturated heterocycles. The molecule has 8 nitrogen and oxygen atoms in total. The monoisotopic (exact) mass is 611 g/mol. The third kappa shape index (κ3) is 5.87. The molecule has 4 rings (SSSR count). The molecule has 0 aromatic heterocycles. The van der Waals surface area contributed by atoms with E-state index in [1.54, 1.807) is 33.7 Å². The highest BCUT2D eigenvalue weighted by atomic mass is 32.2. The molecule has 0 radical (unpaired) electrons. The summed E-state index contributed by atoms with van der Waals surface area (Å²) >= 11 is 1.66. The molecule has 3 unspecified atom stereocenters. The zero-order valence-corrected chi connectivity index (χ0v) is 27.2. The number of rotatable bonds is 15. The number of anilines is 1. The number of fused-ring (bicyclic) bond motifs is 1. The number of nitrogens with zero attached hydrogens (tertiary/aromatic N) is 3. The van der Waals surface area contributed by atoms with Gasteiger partial charge in [0.1, 0.15) is 11.8 Å². The van der Waals surface area contributed by atoms with Gasteiger partial charge in [0, 0.05) is 30.1 Å².